The van der Waals surface area contributed by atoms with Gasteiger partial charge in [-0.1, -0.05) is 6.07 Å². The van der Waals surface area contributed by atoms with Crippen LogP contribution in [0.3, 0.4) is 0 Å². The van der Waals surface area contributed by atoms with Crippen LogP contribution in [0, 0.1) is 0 Å². The van der Waals surface area contributed by atoms with E-state index in [-0.39, 0.29) is 17.9 Å². The molecule has 1 aromatic carbocycles. The minimum absolute atomic E-state index is 0.0549. The molecule has 0 saturated carbocycles. The van der Waals surface area contributed by atoms with Gasteiger partial charge in [-0.2, -0.15) is 0 Å². The Bertz CT molecular complexity index is 1040. The number of benzene rings is 1. The molecule has 0 atom stereocenters. The van der Waals surface area contributed by atoms with E-state index in [1.165, 1.54) is 0 Å². The molecule has 3 heterocycles. The molecule has 2 aromatic rings. The highest BCUT2D eigenvalue weighted by atomic mass is 16.7. The second-order valence-electron chi connectivity index (χ2n) is 12.3. The molecule has 196 valence electrons. The third kappa shape index (κ3) is 5.85. The van der Waals surface area contributed by atoms with Gasteiger partial charge in [-0.05, 0) is 85.8 Å². The summed E-state index contributed by atoms with van der Waals surface area (Å²) in [7, 11) is 1.12. The molecule has 0 aliphatic carbocycles. The zero-order chi connectivity index (χ0) is 26.4. The van der Waals surface area contributed by atoms with Crippen LogP contribution in [0.5, 0.6) is 5.75 Å². The number of hydrogen-bond donors (Lipinski definition) is 2. The van der Waals surface area contributed by atoms with Gasteiger partial charge in [-0.3, -0.25) is 4.98 Å². The lowest BCUT2D eigenvalue weighted by Gasteiger charge is -2.46. The van der Waals surface area contributed by atoms with Crippen LogP contribution >= 0.6 is 0 Å². The van der Waals surface area contributed by atoms with Crippen LogP contribution in [0.15, 0.2) is 30.6 Å². The maximum Gasteiger partial charge on any atom is 0.494 e. The van der Waals surface area contributed by atoms with E-state index in [1.54, 1.807) is 19.5 Å². The van der Waals surface area contributed by atoms with E-state index in [9.17, 15) is 0 Å². The molecule has 0 unspecified atom stereocenters. The Kier molecular flexibility index (Phi) is 7.16. The molecule has 36 heavy (non-hydrogen) atoms. The quantitative estimate of drug-likeness (QED) is 0.437. The molecule has 2 aliphatic rings. The smallest absolute Gasteiger partial charge is 0.467 e. The van der Waals surface area contributed by atoms with E-state index in [2.05, 4.69) is 43.3 Å². The summed E-state index contributed by atoms with van der Waals surface area (Å²) in [4.78, 5) is 9.38. The number of aromatic nitrogens is 2. The molecule has 0 spiro atoms. The van der Waals surface area contributed by atoms with Gasteiger partial charge in [0.25, 0.3) is 0 Å². The zero-order valence-corrected chi connectivity index (χ0v) is 23.2. The average Bonchev–Trinajstić information content (AvgIpc) is 2.97. The van der Waals surface area contributed by atoms with Crippen molar-refractivity contribution < 1.29 is 18.8 Å². The second kappa shape index (κ2) is 9.60. The Morgan fingerprint density at radius 2 is 1.61 bits per heavy atom. The maximum atomic E-state index is 6.22. The third-order valence-electron chi connectivity index (χ3n) is 7.33. The Morgan fingerprint density at radius 1 is 0.972 bits per heavy atom. The van der Waals surface area contributed by atoms with Gasteiger partial charge in [0.2, 0.25) is 0 Å². The molecule has 2 fully saturated rings. The summed E-state index contributed by atoms with van der Waals surface area (Å²) in [5.41, 5.74) is 1.70. The number of ether oxygens (including phenoxy) is 2. The van der Waals surface area contributed by atoms with Crippen molar-refractivity contribution >= 4 is 18.4 Å². The zero-order valence-electron chi connectivity index (χ0n) is 23.2. The number of anilines is 1. The van der Waals surface area contributed by atoms with Crippen molar-refractivity contribution in [2.75, 3.05) is 19.2 Å². The van der Waals surface area contributed by atoms with Crippen molar-refractivity contribution in [3.05, 3.63) is 30.6 Å². The number of hydrogen-bond acceptors (Lipinski definition) is 8. The molecule has 1 aromatic heterocycles. The van der Waals surface area contributed by atoms with E-state index in [4.69, 9.17) is 23.8 Å². The van der Waals surface area contributed by atoms with Crippen molar-refractivity contribution in [1.29, 1.82) is 0 Å². The second-order valence-corrected chi connectivity index (χ2v) is 12.3. The molecule has 0 radical (unpaired) electrons. The molecular formula is C27H41BN4O4. The van der Waals surface area contributed by atoms with Gasteiger partial charge in [0, 0.05) is 29.8 Å². The lowest BCUT2D eigenvalue weighted by molar-refractivity contribution is 0.00578. The SMILES string of the molecule is COCOc1cc(B2OC(C)(C)C(C)(C)O2)ccc1-c1cnc(NC2CC(C)(C)NC(C)(C)C2)cn1. The number of piperidine rings is 1. The molecule has 4 rings (SSSR count). The summed E-state index contributed by atoms with van der Waals surface area (Å²) >= 11 is 0. The fourth-order valence-electron chi connectivity index (χ4n) is 5.29. The van der Waals surface area contributed by atoms with Crippen LogP contribution in [0.4, 0.5) is 5.82 Å². The first-order valence-corrected chi connectivity index (χ1v) is 12.7. The highest BCUT2D eigenvalue weighted by Gasteiger charge is 2.51. The van der Waals surface area contributed by atoms with Crippen LogP contribution in [0.25, 0.3) is 11.3 Å². The Hall–Kier alpha value is -2.20. The van der Waals surface area contributed by atoms with E-state index in [0.29, 0.717) is 11.8 Å². The Morgan fingerprint density at radius 3 is 2.17 bits per heavy atom. The van der Waals surface area contributed by atoms with Gasteiger partial charge < -0.3 is 29.4 Å². The van der Waals surface area contributed by atoms with E-state index in [1.807, 2.05) is 45.9 Å². The monoisotopic (exact) mass is 496 g/mol. The van der Waals surface area contributed by atoms with Crippen LogP contribution in [-0.4, -0.2) is 59.3 Å². The number of nitrogens with zero attached hydrogens (tertiary/aromatic N) is 2. The molecule has 2 N–H and O–H groups in total. The summed E-state index contributed by atoms with van der Waals surface area (Å²) in [6.07, 6.45) is 5.59. The van der Waals surface area contributed by atoms with E-state index in [0.717, 1.165) is 35.4 Å². The predicted octanol–water partition coefficient (Wildman–Crippen LogP) is 4.15. The summed E-state index contributed by atoms with van der Waals surface area (Å²) in [6.45, 7) is 17.3. The fraction of sp³-hybridized carbons (Fsp3) is 0.630. The minimum atomic E-state index is -0.481. The molecular weight excluding hydrogens is 455 g/mol. The summed E-state index contributed by atoms with van der Waals surface area (Å²) in [5, 5.41) is 7.30. The lowest BCUT2D eigenvalue weighted by Crippen LogP contribution is -2.60. The van der Waals surface area contributed by atoms with Gasteiger partial charge in [0.05, 0.1) is 29.3 Å². The van der Waals surface area contributed by atoms with Crippen molar-refractivity contribution in [1.82, 2.24) is 15.3 Å². The number of rotatable bonds is 7. The summed E-state index contributed by atoms with van der Waals surface area (Å²) < 4.78 is 23.5. The Labute approximate surface area is 216 Å². The molecule has 0 amide bonds. The van der Waals surface area contributed by atoms with Gasteiger partial charge in [-0.25, -0.2) is 4.98 Å². The summed E-state index contributed by atoms with van der Waals surface area (Å²) in [6, 6.07) is 6.21. The van der Waals surface area contributed by atoms with Crippen molar-refractivity contribution in [3.8, 4) is 17.0 Å². The normalized spacial score (nSPS) is 22.4. The maximum absolute atomic E-state index is 6.22. The highest BCUT2D eigenvalue weighted by Crippen LogP contribution is 2.37. The molecule has 8 nitrogen and oxygen atoms in total. The van der Waals surface area contributed by atoms with Crippen molar-refractivity contribution in [2.24, 2.45) is 0 Å². The molecule has 0 bridgehead atoms. The highest BCUT2D eigenvalue weighted by molar-refractivity contribution is 6.62. The average molecular weight is 496 g/mol. The largest absolute Gasteiger partial charge is 0.494 e. The van der Waals surface area contributed by atoms with Crippen molar-refractivity contribution in [3.63, 3.8) is 0 Å². The Balaban J connectivity index is 1.54. The van der Waals surface area contributed by atoms with E-state index < -0.39 is 18.3 Å². The standard InChI is InChI=1S/C27H41BN4O4/c1-24(2)13-19(14-25(3,4)32-24)31-23-16-29-21(15-30-23)20-11-10-18(12-22(20)34-17-33-9)28-35-26(5,6)27(7,8)36-28/h10-12,15-16,19,32H,13-14,17H2,1-9H3,(H,30,31). The van der Waals surface area contributed by atoms with Gasteiger partial charge in [-0.15, -0.1) is 0 Å². The summed E-state index contributed by atoms with van der Waals surface area (Å²) in [5.74, 6) is 1.41. The van der Waals surface area contributed by atoms with Crippen LogP contribution < -0.4 is 20.8 Å². The van der Waals surface area contributed by atoms with Gasteiger partial charge >= 0.3 is 7.12 Å². The molecule has 2 aliphatic heterocycles. The van der Waals surface area contributed by atoms with E-state index >= 15 is 0 Å². The first-order chi connectivity index (χ1) is 16.7. The predicted molar refractivity (Wildman–Crippen MR) is 144 cm³/mol. The molecule has 9 heteroatoms. The minimum Gasteiger partial charge on any atom is -0.467 e. The fourth-order valence-corrected chi connectivity index (χ4v) is 5.29. The van der Waals surface area contributed by atoms with Crippen LogP contribution in [0.1, 0.15) is 68.2 Å². The van der Waals surface area contributed by atoms with Gasteiger partial charge in [0.15, 0.2) is 6.79 Å². The third-order valence-corrected chi connectivity index (χ3v) is 7.33. The first-order valence-electron chi connectivity index (χ1n) is 12.7. The van der Waals surface area contributed by atoms with Crippen LogP contribution in [-0.2, 0) is 14.0 Å². The number of nitrogens with one attached hydrogen (secondary N) is 2. The lowest BCUT2D eigenvalue weighted by atomic mass is 9.78. The molecule has 2 saturated heterocycles. The van der Waals surface area contributed by atoms with Gasteiger partial charge in [0.1, 0.15) is 11.6 Å². The topological polar surface area (TPSA) is 86.8 Å². The first kappa shape index (κ1) is 26.9. The number of methoxy groups -OCH3 is 1. The van der Waals surface area contributed by atoms with Crippen LogP contribution in [0.2, 0.25) is 0 Å². The van der Waals surface area contributed by atoms with Crippen molar-refractivity contribution in [2.45, 2.75) is 96.6 Å².